The summed E-state index contributed by atoms with van der Waals surface area (Å²) in [6.45, 7) is 3.87. The van der Waals surface area contributed by atoms with E-state index in [1.807, 2.05) is 12.1 Å². The maximum atomic E-state index is 12.4. The zero-order chi connectivity index (χ0) is 15.1. The molecule has 0 spiro atoms. The Balaban J connectivity index is 1.31. The van der Waals surface area contributed by atoms with E-state index in [0.29, 0.717) is 12.0 Å². The fraction of sp³-hybridized carbons (Fsp3) is 0.706. The number of likely N-dealkylation sites (tertiary alicyclic amines) is 2. The predicted molar refractivity (Wildman–Crippen MR) is 83.2 cm³/mol. The van der Waals surface area contributed by atoms with Crippen molar-refractivity contribution < 1.29 is 9.21 Å². The Morgan fingerprint density at radius 3 is 2.95 bits per heavy atom. The highest BCUT2D eigenvalue weighted by Crippen LogP contribution is 2.35. The standard InChI is InChI=1S/C17H25N3O2/c1-19-15(17(21)18-8-12-4-5-12)7-13-9-20(11-16(13)19)10-14-3-2-6-22-14/h2-3,6,12-13,15-16H,4-5,7-11H2,1H3,(H,18,21)/t13-,15-,16+/m0/s1. The van der Waals surface area contributed by atoms with Crippen molar-refractivity contribution >= 4 is 5.91 Å². The molecule has 0 aromatic carbocycles. The number of likely N-dealkylation sites (N-methyl/N-ethyl adjacent to an activating group) is 1. The second kappa shape index (κ2) is 5.70. The van der Waals surface area contributed by atoms with Crippen molar-refractivity contribution in [3.63, 3.8) is 0 Å². The molecule has 0 unspecified atom stereocenters. The van der Waals surface area contributed by atoms with E-state index in [1.165, 1.54) is 12.8 Å². The molecule has 5 heteroatoms. The second-order valence-corrected chi connectivity index (χ2v) is 7.21. The number of nitrogens with zero attached hydrogens (tertiary/aromatic N) is 2. The Hall–Kier alpha value is -1.33. The average Bonchev–Trinajstić information content (AvgIpc) is 2.90. The summed E-state index contributed by atoms with van der Waals surface area (Å²) in [5, 5.41) is 3.14. The Kier molecular flexibility index (Phi) is 3.70. The van der Waals surface area contributed by atoms with Gasteiger partial charge in [0.05, 0.1) is 18.8 Å². The van der Waals surface area contributed by atoms with Crippen LogP contribution in [0.15, 0.2) is 22.8 Å². The maximum absolute atomic E-state index is 12.4. The monoisotopic (exact) mass is 303 g/mol. The van der Waals surface area contributed by atoms with Gasteiger partial charge in [0.15, 0.2) is 0 Å². The van der Waals surface area contributed by atoms with Crippen LogP contribution >= 0.6 is 0 Å². The van der Waals surface area contributed by atoms with Crippen LogP contribution in [0.2, 0.25) is 0 Å². The van der Waals surface area contributed by atoms with Crippen LogP contribution in [-0.4, -0.2) is 54.5 Å². The molecular formula is C17H25N3O2. The van der Waals surface area contributed by atoms with Gasteiger partial charge < -0.3 is 9.73 Å². The van der Waals surface area contributed by atoms with Gasteiger partial charge in [-0.1, -0.05) is 0 Å². The third-order valence-corrected chi connectivity index (χ3v) is 5.55. The molecule has 1 aromatic heterocycles. The minimum atomic E-state index is 0.0690. The van der Waals surface area contributed by atoms with Crippen LogP contribution in [0.5, 0.6) is 0 Å². The van der Waals surface area contributed by atoms with Crippen molar-refractivity contribution in [3.8, 4) is 0 Å². The lowest BCUT2D eigenvalue weighted by atomic mass is 10.0. The molecule has 2 saturated heterocycles. The molecule has 1 aliphatic carbocycles. The molecule has 1 saturated carbocycles. The molecule has 0 bridgehead atoms. The van der Waals surface area contributed by atoms with Gasteiger partial charge in [0.2, 0.25) is 5.91 Å². The van der Waals surface area contributed by atoms with E-state index in [1.54, 1.807) is 6.26 Å². The van der Waals surface area contributed by atoms with Gasteiger partial charge in [-0.3, -0.25) is 14.6 Å². The van der Waals surface area contributed by atoms with Crippen LogP contribution in [0.25, 0.3) is 0 Å². The molecular weight excluding hydrogens is 278 g/mol. The largest absolute Gasteiger partial charge is 0.468 e. The molecule has 3 atom stereocenters. The van der Waals surface area contributed by atoms with Crippen LogP contribution in [0, 0.1) is 11.8 Å². The van der Waals surface area contributed by atoms with Crippen molar-refractivity contribution in [2.24, 2.45) is 11.8 Å². The number of hydrogen-bond acceptors (Lipinski definition) is 4. The van der Waals surface area contributed by atoms with E-state index >= 15 is 0 Å². The third kappa shape index (κ3) is 2.79. The fourth-order valence-electron chi connectivity index (χ4n) is 4.05. The Bertz CT molecular complexity index is 526. The first-order chi connectivity index (χ1) is 10.7. The summed E-state index contributed by atoms with van der Waals surface area (Å²) >= 11 is 0. The Morgan fingerprint density at radius 1 is 1.41 bits per heavy atom. The molecule has 3 fully saturated rings. The zero-order valence-corrected chi connectivity index (χ0v) is 13.2. The smallest absolute Gasteiger partial charge is 0.237 e. The molecule has 2 aliphatic heterocycles. The van der Waals surface area contributed by atoms with Crippen LogP contribution in [0.4, 0.5) is 0 Å². The normalized spacial score (nSPS) is 32.3. The van der Waals surface area contributed by atoms with Crippen molar-refractivity contribution in [1.82, 2.24) is 15.1 Å². The molecule has 3 heterocycles. The fourth-order valence-corrected chi connectivity index (χ4v) is 4.05. The van der Waals surface area contributed by atoms with Gasteiger partial charge in [-0.05, 0) is 50.3 Å². The van der Waals surface area contributed by atoms with Gasteiger partial charge in [-0.15, -0.1) is 0 Å². The van der Waals surface area contributed by atoms with Crippen molar-refractivity contribution in [3.05, 3.63) is 24.2 Å². The summed E-state index contributed by atoms with van der Waals surface area (Å²) in [6.07, 6.45) is 5.30. The van der Waals surface area contributed by atoms with Gasteiger partial charge in [0.25, 0.3) is 0 Å². The van der Waals surface area contributed by atoms with E-state index in [9.17, 15) is 4.79 Å². The summed E-state index contributed by atoms with van der Waals surface area (Å²) < 4.78 is 5.44. The lowest BCUT2D eigenvalue weighted by Gasteiger charge is -2.25. The number of carbonyl (C=O) groups is 1. The number of furan rings is 1. The van der Waals surface area contributed by atoms with E-state index in [-0.39, 0.29) is 11.9 Å². The molecule has 22 heavy (non-hydrogen) atoms. The second-order valence-electron chi connectivity index (χ2n) is 7.21. The highest BCUT2D eigenvalue weighted by Gasteiger charge is 2.47. The number of hydrogen-bond donors (Lipinski definition) is 1. The SMILES string of the molecule is CN1[C@@H]2CN(Cc3ccco3)C[C@@H]2C[C@H]1C(=O)NCC1CC1. The minimum absolute atomic E-state index is 0.0690. The van der Waals surface area contributed by atoms with Crippen LogP contribution in [0.1, 0.15) is 25.0 Å². The molecule has 1 aromatic rings. The number of amides is 1. The lowest BCUT2D eigenvalue weighted by Crippen LogP contribution is -2.46. The molecule has 1 N–H and O–H groups in total. The van der Waals surface area contributed by atoms with Gasteiger partial charge in [0, 0.05) is 25.7 Å². The topological polar surface area (TPSA) is 48.7 Å². The molecule has 0 radical (unpaired) electrons. The Morgan fingerprint density at radius 2 is 2.27 bits per heavy atom. The van der Waals surface area contributed by atoms with E-state index in [0.717, 1.165) is 44.3 Å². The molecule has 5 nitrogen and oxygen atoms in total. The van der Waals surface area contributed by atoms with Gasteiger partial charge in [-0.2, -0.15) is 0 Å². The maximum Gasteiger partial charge on any atom is 0.237 e. The summed E-state index contributed by atoms with van der Waals surface area (Å²) in [5.41, 5.74) is 0. The number of fused-ring (bicyclic) bond motifs is 1. The highest BCUT2D eigenvalue weighted by molar-refractivity contribution is 5.82. The molecule has 3 aliphatic rings. The van der Waals surface area contributed by atoms with Gasteiger partial charge in [0.1, 0.15) is 5.76 Å². The molecule has 120 valence electrons. The van der Waals surface area contributed by atoms with Crippen LogP contribution in [0.3, 0.4) is 0 Å². The third-order valence-electron chi connectivity index (χ3n) is 5.55. The quantitative estimate of drug-likeness (QED) is 0.891. The van der Waals surface area contributed by atoms with Crippen molar-refractivity contribution in [2.45, 2.75) is 37.9 Å². The first-order valence-corrected chi connectivity index (χ1v) is 8.45. The number of nitrogens with one attached hydrogen (secondary N) is 1. The number of carbonyl (C=O) groups excluding carboxylic acids is 1. The summed E-state index contributed by atoms with van der Waals surface area (Å²) in [5.74, 6) is 2.62. The highest BCUT2D eigenvalue weighted by atomic mass is 16.3. The average molecular weight is 303 g/mol. The molecule has 4 rings (SSSR count). The predicted octanol–water partition coefficient (Wildman–Crippen LogP) is 1.31. The van der Waals surface area contributed by atoms with Gasteiger partial charge >= 0.3 is 0 Å². The molecule has 1 amide bonds. The first-order valence-electron chi connectivity index (χ1n) is 8.45. The van der Waals surface area contributed by atoms with Crippen LogP contribution < -0.4 is 5.32 Å². The van der Waals surface area contributed by atoms with E-state index < -0.39 is 0 Å². The summed E-state index contributed by atoms with van der Waals surface area (Å²) in [4.78, 5) is 17.1. The van der Waals surface area contributed by atoms with Crippen molar-refractivity contribution in [2.75, 3.05) is 26.7 Å². The van der Waals surface area contributed by atoms with E-state index in [4.69, 9.17) is 4.42 Å². The first kappa shape index (κ1) is 14.3. The summed E-state index contributed by atoms with van der Waals surface area (Å²) in [6, 6.07) is 4.55. The van der Waals surface area contributed by atoms with E-state index in [2.05, 4.69) is 22.2 Å². The zero-order valence-electron chi connectivity index (χ0n) is 13.2. The van der Waals surface area contributed by atoms with Crippen LogP contribution in [-0.2, 0) is 11.3 Å². The lowest BCUT2D eigenvalue weighted by molar-refractivity contribution is -0.125. The van der Waals surface area contributed by atoms with Crippen molar-refractivity contribution in [1.29, 1.82) is 0 Å². The minimum Gasteiger partial charge on any atom is -0.468 e. The number of rotatable bonds is 5. The van der Waals surface area contributed by atoms with Gasteiger partial charge in [-0.25, -0.2) is 0 Å². The Labute approximate surface area is 131 Å². The summed E-state index contributed by atoms with van der Waals surface area (Å²) in [7, 11) is 2.11.